The zero-order chi connectivity index (χ0) is 16.2. The van der Waals surface area contributed by atoms with Crippen LogP contribution < -0.4 is 5.32 Å². The third kappa shape index (κ3) is 4.52. The Hall–Kier alpha value is -1.46. The van der Waals surface area contributed by atoms with Gasteiger partial charge in [0.2, 0.25) is 0 Å². The summed E-state index contributed by atoms with van der Waals surface area (Å²) in [6.45, 7) is 7.43. The number of nitrogens with zero attached hydrogens (tertiary/aromatic N) is 2. The predicted octanol–water partition coefficient (Wildman–Crippen LogP) is 4.48. The summed E-state index contributed by atoms with van der Waals surface area (Å²) < 4.78 is 13.0. The van der Waals surface area contributed by atoms with Crippen LogP contribution in [0.2, 0.25) is 0 Å². The Morgan fingerprint density at radius 2 is 2.13 bits per heavy atom. The number of aromatic nitrogens is 1. The maximum Gasteiger partial charge on any atom is 0.123 e. The first kappa shape index (κ1) is 16.4. The van der Waals surface area contributed by atoms with Crippen LogP contribution in [0.1, 0.15) is 43.3 Å². The number of anilines is 1. The van der Waals surface area contributed by atoms with Crippen LogP contribution in [0.25, 0.3) is 0 Å². The van der Waals surface area contributed by atoms with Crippen molar-refractivity contribution in [1.82, 2.24) is 9.88 Å². The fourth-order valence-electron chi connectivity index (χ4n) is 2.95. The van der Waals surface area contributed by atoms with Gasteiger partial charge in [0.05, 0.1) is 12.2 Å². The largest absolute Gasteiger partial charge is 0.381 e. The third-order valence-corrected chi connectivity index (χ3v) is 5.09. The zero-order valence-electron chi connectivity index (χ0n) is 13.8. The number of halogens is 1. The molecule has 0 radical (unpaired) electrons. The van der Waals surface area contributed by atoms with Crippen molar-refractivity contribution < 1.29 is 4.39 Å². The van der Waals surface area contributed by atoms with Crippen LogP contribution in [0.3, 0.4) is 0 Å². The van der Waals surface area contributed by atoms with Crippen LogP contribution >= 0.6 is 11.3 Å². The Morgan fingerprint density at radius 3 is 2.83 bits per heavy atom. The van der Waals surface area contributed by atoms with Crippen molar-refractivity contribution in [2.45, 2.75) is 45.2 Å². The number of piperidine rings is 1. The molecule has 0 aliphatic carbocycles. The Balaban J connectivity index is 1.56. The molecule has 1 atom stereocenters. The fraction of sp³-hybridized carbons (Fsp3) is 0.500. The summed E-state index contributed by atoms with van der Waals surface area (Å²) in [4.78, 5) is 7.20. The SMILES string of the molecule is CC(C)c1csc(CN2CCC[C@H](Nc3ccc(F)cc3)C2)n1. The standard InChI is InChI=1S/C18H24FN3S/c1-13(2)17-12-23-18(21-17)11-22-9-3-4-16(10-22)20-15-7-5-14(19)6-8-15/h5-8,12-13,16,20H,3-4,9-11H2,1-2H3/t16-/m0/s1. The molecule has 23 heavy (non-hydrogen) atoms. The molecule has 1 aromatic carbocycles. The lowest BCUT2D eigenvalue weighted by Gasteiger charge is -2.33. The molecule has 1 fully saturated rings. The van der Waals surface area contributed by atoms with Crippen LogP contribution in [-0.2, 0) is 6.54 Å². The Morgan fingerprint density at radius 1 is 1.35 bits per heavy atom. The molecule has 0 amide bonds. The third-order valence-electron chi connectivity index (χ3n) is 4.24. The molecule has 2 aromatic rings. The summed E-state index contributed by atoms with van der Waals surface area (Å²) >= 11 is 1.76. The average molecular weight is 333 g/mol. The molecule has 0 bridgehead atoms. The molecule has 0 saturated carbocycles. The normalized spacial score (nSPS) is 19.2. The highest BCUT2D eigenvalue weighted by molar-refractivity contribution is 7.09. The van der Waals surface area contributed by atoms with E-state index in [4.69, 9.17) is 4.98 Å². The fourth-order valence-corrected chi connectivity index (χ4v) is 3.95. The number of hydrogen-bond donors (Lipinski definition) is 1. The van der Waals surface area contributed by atoms with Crippen LogP contribution in [0, 0.1) is 5.82 Å². The number of likely N-dealkylation sites (tertiary alicyclic amines) is 1. The van der Waals surface area contributed by atoms with Crippen LogP contribution in [0.4, 0.5) is 10.1 Å². The molecule has 5 heteroatoms. The van der Waals surface area contributed by atoms with Crippen LogP contribution in [0.5, 0.6) is 0 Å². The monoisotopic (exact) mass is 333 g/mol. The minimum atomic E-state index is -0.189. The van der Waals surface area contributed by atoms with Gasteiger partial charge in [0.1, 0.15) is 10.8 Å². The minimum absolute atomic E-state index is 0.189. The topological polar surface area (TPSA) is 28.2 Å². The van der Waals surface area contributed by atoms with Crippen molar-refractivity contribution in [1.29, 1.82) is 0 Å². The van der Waals surface area contributed by atoms with Gasteiger partial charge in [-0.25, -0.2) is 9.37 Å². The highest BCUT2D eigenvalue weighted by atomic mass is 32.1. The van der Waals surface area contributed by atoms with Gasteiger partial charge in [0, 0.05) is 23.7 Å². The number of rotatable bonds is 5. The minimum Gasteiger partial charge on any atom is -0.381 e. The summed E-state index contributed by atoms with van der Waals surface area (Å²) in [6, 6.07) is 7.05. The molecule has 0 unspecified atom stereocenters. The molecule has 3 nitrogen and oxygen atoms in total. The maximum absolute atomic E-state index is 13.0. The number of nitrogens with one attached hydrogen (secondary N) is 1. The lowest BCUT2D eigenvalue weighted by molar-refractivity contribution is 0.208. The molecule has 1 aliphatic rings. The van der Waals surface area contributed by atoms with Gasteiger partial charge in [-0.05, 0) is 49.6 Å². The number of hydrogen-bond acceptors (Lipinski definition) is 4. The van der Waals surface area contributed by atoms with E-state index in [1.54, 1.807) is 11.3 Å². The zero-order valence-corrected chi connectivity index (χ0v) is 14.6. The summed E-state index contributed by atoms with van der Waals surface area (Å²) in [7, 11) is 0. The molecule has 124 valence electrons. The molecule has 1 N–H and O–H groups in total. The van der Waals surface area contributed by atoms with E-state index in [1.165, 1.54) is 29.3 Å². The second kappa shape index (κ2) is 7.41. The summed E-state index contributed by atoms with van der Waals surface area (Å²) in [6.07, 6.45) is 2.34. The van der Waals surface area contributed by atoms with E-state index in [0.29, 0.717) is 12.0 Å². The van der Waals surface area contributed by atoms with E-state index in [1.807, 2.05) is 12.1 Å². The maximum atomic E-state index is 13.0. The van der Waals surface area contributed by atoms with Crippen molar-refractivity contribution in [3.8, 4) is 0 Å². The first-order valence-electron chi connectivity index (χ1n) is 8.29. The van der Waals surface area contributed by atoms with Gasteiger partial charge in [-0.2, -0.15) is 0 Å². The van der Waals surface area contributed by atoms with E-state index < -0.39 is 0 Å². The van der Waals surface area contributed by atoms with Crippen molar-refractivity contribution in [2.75, 3.05) is 18.4 Å². The first-order valence-corrected chi connectivity index (χ1v) is 9.17. The Kier molecular flexibility index (Phi) is 5.28. The highest BCUT2D eigenvalue weighted by Gasteiger charge is 2.21. The Labute approximate surface area is 141 Å². The van der Waals surface area contributed by atoms with Gasteiger partial charge < -0.3 is 5.32 Å². The van der Waals surface area contributed by atoms with Crippen molar-refractivity contribution in [3.05, 3.63) is 46.2 Å². The molecular weight excluding hydrogens is 309 g/mol. The van der Waals surface area contributed by atoms with Gasteiger partial charge in [0.15, 0.2) is 0 Å². The summed E-state index contributed by atoms with van der Waals surface area (Å²) in [5.41, 5.74) is 2.19. The lowest BCUT2D eigenvalue weighted by atomic mass is 10.1. The molecular formula is C18H24FN3S. The second-order valence-electron chi connectivity index (χ2n) is 6.55. The Bertz CT molecular complexity index is 623. The van der Waals surface area contributed by atoms with Crippen LogP contribution in [0.15, 0.2) is 29.6 Å². The van der Waals surface area contributed by atoms with Crippen molar-refractivity contribution >= 4 is 17.0 Å². The second-order valence-corrected chi connectivity index (χ2v) is 7.49. The van der Waals surface area contributed by atoms with Crippen molar-refractivity contribution in [2.24, 2.45) is 0 Å². The van der Waals surface area contributed by atoms with Crippen molar-refractivity contribution in [3.63, 3.8) is 0 Å². The number of thiazole rings is 1. The van der Waals surface area contributed by atoms with Crippen LogP contribution in [-0.4, -0.2) is 29.0 Å². The summed E-state index contributed by atoms with van der Waals surface area (Å²) in [5.74, 6) is 0.305. The molecule has 1 aliphatic heterocycles. The molecule has 1 saturated heterocycles. The molecule has 3 rings (SSSR count). The highest BCUT2D eigenvalue weighted by Crippen LogP contribution is 2.22. The van der Waals surface area contributed by atoms with E-state index in [0.717, 1.165) is 31.7 Å². The number of benzene rings is 1. The molecule has 0 spiro atoms. The summed E-state index contributed by atoms with van der Waals surface area (Å²) in [5, 5.41) is 6.91. The van der Waals surface area contributed by atoms with E-state index in [9.17, 15) is 4.39 Å². The smallest absolute Gasteiger partial charge is 0.123 e. The van der Waals surface area contributed by atoms with E-state index in [-0.39, 0.29) is 5.82 Å². The average Bonchev–Trinajstić information content (AvgIpc) is 2.99. The van der Waals surface area contributed by atoms with Gasteiger partial charge in [-0.3, -0.25) is 4.90 Å². The quantitative estimate of drug-likeness (QED) is 0.874. The van der Waals surface area contributed by atoms with Gasteiger partial charge in [-0.1, -0.05) is 13.8 Å². The molecule has 2 heterocycles. The molecule has 1 aromatic heterocycles. The van der Waals surface area contributed by atoms with E-state index in [2.05, 4.69) is 29.4 Å². The first-order chi connectivity index (χ1) is 11.1. The predicted molar refractivity (Wildman–Crippen MR) is 94.5 cm³/mol. The van der Waals surface area contributed by atoms with Gasteiger partial charge in [0.25, 0.3) is 0 Å². The van der Waals surface area contributed by atoms with Gasteiger partial charge >= 0.3 is 0 Å². The lowest BCUT2D eigenvalue weighted by Crippen LogP contribution is -2.41. The van der Waals surface area contributed by atoms with Gasteiger partial charge in [-0.15, -0.1) is 11.3 Å². The van der Waals surface area contributed by atoms with E-state index >= 15 is 0 Å².